The summed E-state index contributed by atoms with van der Waals surface area (Å²) < 4.78 is 30.4. The van der Waals surface area contributed by atoms with Gasteiger partial charge in [-0.05, 0) is 7.05 Å². The van der Waals surface area contributed by atoms with E-state index < -0.39 is 24.4 Å². The van der Waals surface area contributed by atoms with Gasteiger partial charge in [0.05, 0.1) is 6.54 Å². The number of carbonyl (C=O) groups is 1. The summed E-state index contributed by atoms with van der Waals surface area (Å²) in [5.41, 5.74) is 0. The molecule has 0 radical (unpaired) electrons. The van der Waals surface area contributed by atoms with Crippen molar-refractivity contribution in [3.05, 3.63) is 12.7 Å². The molecule has 0 amide bonds. The Hall–Kier alpha value is -0.970. The molecule has 3 nitrogen and oxygen atoms in total. The minimum absolute atomic E-state index is 0.0642. The third kappa shape index (κ3) is 2.51. The maximum Gasteiger partial charge on any atom is 0.323 e. The van der Waals surface area contributed by atoms with Gasteiger partial charge in [0.15, 0.2) is 0 Å². The molecule has 0 N–H and O–H groups in total. The number of alkyl halides is 2. The monoisotopic (exact) mass is 205 g/mol. The number of carbonyl (C=O) groups excluding carboxylic acids is 1. The number of esters is 1. The number of hydrogen-bond donors (Lipinski definition) is 0. The van der Waals surface area contributed by atoms with Gasteiger partial charge in [-0.2, -0.15) is 0 Å². The van der Waals surface area contributed by atoms with Crippen molar-refractivity contribution in [2.75, 3.05) is 20.2 Å². The van der Waals surface area contributed by atoms with Crippen LogP contribution in [0.15, 0.2) is 12.7 Å². The highest BCUT2D eigenvalue weighted by Gasteiger charge is 2.46. The quantitative estimate of drug-likeness (QED) is 0.509. The molecule has 0 aromatic carbocycles. The summed E-state index contributed by atoms with van der Waals surface area (Å²) in [6, 6.07) is -0.829. The highest BCUT2D eigenvalue weighted by Crippen LogP contribution is 2.31. The fraction of sp³-hybridized carbons (Fsp3) is 0.667. The first-order valence-electron chi connectivity index (χ1n) is 4.32. The Morgan fingerprint density at radius 3 is 2.86 bits per heavy atom. The summed E-state index contributed by atoms with van der Waals surface area (Å²) in [5.74, 6) is -3.39. The van der Waals surface area contributed by atoms with E-state index in [2.05, 4.69) is 6.58 Å². The normalized spacial score (nSPS) is 26.1. The third-order valence-electron chi connectivity index (χ3n) is 2.12. The van der Waals surface area contributed by atoms with Crippen molar-refractivity contribution < 1.29 is 18.3 Å². The molecule has 1 atom stereocenters. The van der Waals surface area contributed by atoms with Gasteiger partial charge in [0.2, 0.25) is 0 Å². The predicted molar refractivity (Wildman–Crippen MR) is 47.1 cm³/mol. The number of likely N-dealkylation sites (N-methyl/N-ethyl adjacent to an activating group) is 1. The average molecular weight is 205 g/mol. The van der Waals surface area contributed by atoms with Crippen LogP contribution in [0, 0.1) is 0 Å². The molecule has 1 saturated heterocycles. The van der Waals surface area contributed by atoms with Crippen molar-refractivity contribution >= 4 is 5.97 Å². The number of halogens is 2. The second-order valence-electron chi connectivity index (χ2n) is 3.41. The number of likely N-dealkylation sites (tertiary alicyclic amines) is 1. The van der Waals surface area contributed by atoms with E-state index in [9.17, 15) is 13.6 Å². The van der Waals surface area contributed by atoms with E-state index in [1.165, 1.54) is 18.0 Å². The van der Waals surface area contributed by atoms with Gasteiger partial charge in [-0.1, -0.05) is 12.7 Å². The molecule has 1 aliphatic heterocycles. The summed E-state index contributed by atoms with van der Waals surface area (Å²) in [5, 5.41) is 0. The molecular formula is C9H13F2NO2. The Balaban J connectivity index is 2.52. The van der Waals surface area contributed by atoms with Crippen LogP contribution in [0.5, 0.6) is 0 Å². The van der Waals surface area contributed by atoms with E-state index in [-0.39, 0.29) is 13.2 Å². The molecule has 0 saturated carbocycles. The lowest BCUT2D eigenvalue weighted by Gasteiger charge is -2.15. The average Bonchev–Trinajstić information content (AvgIpc) is 2.35. The molecule has 14 heavy (non-hydrogen) atoms. The molecule has 0 aliphatic carbocycles. The standard InChI is InChI=1S/C9H13F2NO2/c1-3-4-14-8(13)7-5-9(10,11)6-12(7)2/h3,7H,1,4-6H2,2H3. The van der Waals surface area contributed by atoms with Crippen LogP contribution in [0.4, 0.5) is 8.78 Å². The van der Waals surface area contributed by atoms with Crippen molar-refractivity contribution in [1.29, 1.82) is 0 Å². The Morgan fingerprint density at radius 2 is 2.43 bits per heavy atom. The van der Waals surface area contributed by atoms with Crippen molar-refractivity contribution in [3.63, 3.8) is 0 Å². The highest BCUT2D eigenvalue weighted by atomic mass is 19.3. The van der Waals surface area contributed by atoms with E-state index in [0.717, 1.165) is 0 Å². The van der Waals surface area contributed by atoms with Crippen LogP contribution < -0.4 is 0 Å². The first kappa shape index (κ1) is 11.1. The zero-order valence-corrected chi connectivity index (χ0v) is 8.00. The van der Waals surface area contributed by atoms with E-state index in [4.69, 9.17) is 4.74 Å². The molecule has 0 aromatic heterocycles. The number of ether oxygens (including phenoxy) is 1. The smallest absolute Gasteiger partial charge is 0.323 e. The Morgan fingerprint density at radius 1 is 1.79 bits per heavy atom. The van der Waals surface area contributed by atoms with E-state index in [1.54, 1.807) is 0 Å². The molecule has 80 valence electrons. The molecule has 1 heterocycles. The zero-order valence-electron chi connectivity index (χ0n) is 8.00. The van der Waals surface area contributed by atoms with Gasteiger partial charge >= 0.3 is 5.97 Å². The highest BCUT2D eigenvalue weighted by molar-refractivity contribution is 5.76. The fourth-order valence-corrected chi connectivity index (χ4v) is 1.48. The first-order chi connectivity index (χ1) is 6.46. The maximum absolute atomic E-state index is 12.9. The number of rotatable bonds is 3. The summed E-state index contributed by atoms with van der Waals surface area (Å²) in [6.45, 7) is 3.04. The van der Waals surface area contributed by atoms with Crippen molar-refractivity contribution in [3.8, 4) is 0 Å². The summed E-state index contributed by atoms with van der Waals surface area (Å²) in [6.07, 6.45) is 0.949. The lowest BCUT2D eigenvalue weighted by molar-refractivity contribution is -0.147. The van der Waals surface area contributed by atoms with Crippen LogP contribution in [-0.4, -0.2) is 43.0 Å². The SMILES string of the molecule is C=CCOC(=O)C1CC(F)(F)CN1C. The molecule has 0 aromatic rings. The van der Waals surface area contributed by atoms with Gasteiger partial charge in [-0.15, -0.1) is 0 Å². The van der Waals surface area contributed by atoms with Crippen LogP contribution in [0.25, 0.3) is 0 Å². The molecular weight excluding hydrogens is 192 g/mol. The molecule has 5 heteroatoms. The van der Waals surface area contributed by atoms with Gasteiger partial charge in [-0.25, -0.2) is 8.78 Å². The summed E-state index contributed by atoms with van der Waals surface area (Å²) >= 11 is 0. The number of nitrogens with zero attached hydrogens (tertiary/aromatic N) is 1. The second-order valence-corrected chi connectivity index (χ2v) is 3.41. The largest absolute Gasteiger partial charge is 0.460 e. The van der Waals surface area contributed by atoms with Gasteiger partial charge < -0.3 is 4.74 Å². The van der Waals surface area contributed by atoms with Crippen LogP contribution in [0.2, 0.25) is 0 Å². The van der Waals surface area contributed by atoms with Gasteiger partial charge in [0, 0.05) is 6.42 Å². The maximum atomic E-state index is 12.9. The van der Waals surface area contributed by atoms with E-state index >= 15 is 0 Å². The van der Waals surface area contributed by atoms with Gasteiger partial charge in [0.1, 0.15) is 12.6 Å². The topological polar surface area (TPSA) is 29.5 Å². The van der Waals surface area contributed by atoms with Crippen LogP contribution >= 0.6 is 0 Å². The second kappa shape index (κ2) is 4.04. The Bertz CT molecular complexity index is 243. The minimum atomic E-state index is -2.79. The predicted octanol–water partition coefficient (Wildman–Crippen LogP) is 1.05. The summed E-state index contributed by atoms with van der Waals surface area (Å²) in [7, 11) is 1.49. The van der Waals surface area contributed by atoms with Crippen LogP contribution in [0.3, 0.4) is 0 Å². The van der Waals surface area contributed by atoms with Gasteiger partial charge in [0.25, 0.3) is 5.92 Å². The van der Waals surface area contributed by atoms with Crippen molar-refractivity contribution in [2.45, 2.75) is 18.4 Å². The molecule has 1 fully saturated rings. The number of hydrogen-bond acceptors (Lipinski definition) is 3. The van der Waals surface area contributed by atoms with Crippen LogP contribution in [-0.2, 0) is 9.53 Å². The summed E-state index contributed by atoms with van der Waals surface area (Å²) in [4.78, 5) is 12.6. The van der Waals surface area contributed by atoms with E-state index in [1.807, 2.05) is 0 Å². The minimum Gasteiger partial charge on any atom is -0.460 e. The fourth-order valence-electron chi connectivity index (χ4n) is 1.48. The first-order valence-corrected chi connectivity index (χ1v) is 4.32. The van der Waals surface area contributed by atoms with Crippen LogP contribution in [0.1, 0.15) is 6.42 Å². The van der Waals surface area contributed by atoms with Gasteiger partial charge in [-0.3, -0.25) is 9.69 Å². The van der Waals surface area contributed by atoms with Crippen molar-refractivity contribution in [2.24, 2.45) is 0 Å². The van der Waals surface area contributed by atoms with Crippen molar-refractivity contribution in [1.82, 2.24) is 4.90 Å². The Labute approximate surface area is 81.3 Å². The molecule has 1 aliphatic rings. The molecule has 0 bridgehead atoms. The lowest BCUT2D eigenvalue weighted by Crippen LogP contribution is -2.34. The lowest BCUT2D eigenvalue weighted by atomic mass is 10.2. The van der Waals surface area contributed by atoms with E-state index in [0.29, 0.717) is 0 Å². The molecule has 1 rings (SSSR count). The Kier molecular flexibility index (Phi) is 3.21. The third-order valence-corrected chi connectivity index (χ3v) is 2.12. The zero-order chi connectivity index (χ0) is 10.8. The molecule has 1 unspecified atom stereocenters. The molecule has 0 spiro atoms.